The van der Waals surface area contributed by atoms with Gasteiger partial charge in [0, 0.05) is 6.04 Å². The first-order valence-corrected chi connectivity index (χ1v) is 6.32. The maximum Gasteiger partial charge on any atom is 0.262 e. The summed E-state index contributed by atoms with van der Waals surface area (Å²) in [6.07, 6.45) is 2.06. The van der Waals surface area contributed by atoms with Gasteiger partial charge in [0.2, 0.25) is 0 Å². The van der Waals surface area contributed by atoms with Gasteiger partial charge >= 0.3 is 0 Å². The van der Waals surface area contributed by atoms with Crippen LogP contribution in [0.5, 0.6) is 0 Å². The topological polar surface area (TPSA) is 37.8 Å². The molecule has 0 saturated heterocycles. The van der Waals surface area contributed by atoms with Crippen molar-refractivity contribution in [3.63, 3.8) is 0 Å². The van der Waals surface area contributed by atoms with E-state index >= 15 is 0 Å². The number of nitrogens with zero attached hydrogens (tertiary/aromatic N) is 1. The second-order valence-corrected chi connectivity index (χ2v) is 5.24. The summed E-state index contributed by atoms with van der Waals surface area (Å²) in [6.45, 7) is 1.91. The molecule has 1 saturated carbocycles. The van der Waals surface area contributed by atoms with Gasteiger partial charge < -0.3 is 4.98 Å². The number of aryl methyl sites for hydroxylation is 1. The first-order valence-electron chi connectivity index (χ1n) is 5.53. The molecule has 0 aliphatic heterocycles. The zero-order valence-electron chi connectivity index (χ0n) is 9.29. The fourth-order valence-corrected chi connectivity index (χ4v) is 2.66. The van der Waals surface area contributed by atoms with Crippen LogP contribution >= 0.6 is 23.8 Å². The number of nitrogens with one attached hydrogen (secondary N) is 1. The minimum absolute atomic E-state index is 0.0220. The Hall–Kier alpha value is -1.13. The van der Waals surface area contributed by atoms with Crippen molar-refractivity contribution < 1.29 is 0 Å². The molecular formula is C12H11ClN2OS. The van der Waals surface area contributed by atoms with Gasteiger partial charge in [-0.2, -0.15) is 0 Å². The Morgan fingerprint density at radius 1 is 1.47 bits per heavy atom. The molecule has 1 aliphatic rings. The van der Waals surface area contributed by atoms with Gasteiger partial charge in [0.15, 0.2) is 4.77 Å². The molecule has 0 radical (unpaired) electrons. The molecule has 0 bridgehead atoms. The standard InChI is InChI=1S/C12H11ClN2OS/c1-6-2-5-8(13)10-9(6)11(16)15(7-3-4-7)12(17)14-10/h2,5,7H,3-4H2,1H3,(H,14,17). The Morgan fingerprint density at radius 3 is 2.82 bits per heavy atom. The highest BCUT2D eigenvalue weighted by molar-refractivity contribution is 7.71. The van der Waals surface area contributed by atoms with E-state index in [1.165, 1.54) is 0 Å². The summed E-state index contributed by atoms with van der Waals surface area (Å²) in [6, 6.07) is 3.92. The average Bonchev–Trinajstić information content (AvgIpc) is 3.07. The first-order chi connectivity index (χ1) is 8.09. The fourth-order valence-electron chi connectivity index (χ4n) is 2.12. The van der Waals surface area contributed by atoms with Crippen molar-refractivity contribution in [3.05, 3.63) is 37.8 Å². The van der Waals surface area contributed by atoms with Crippen LogP contribution in [-0.2, 0) is 0 Å². The summed E-state index contributed by atoms with van der Waals surface area (Å²) in [5.41, 5.74) is 1.56. The van der Waals surface area contributed by atoms with E-state index < -0.39 is 0 Å². The van der Waals surface area contributed by atoms with Crippen LogP contribution in [0.3, 0.4) is 0 Å². The van der Waals surface area contributed by atoms with Crippen molar-refractivity contribution in [2.45, 2.75) is 25.8 Å². The van der Waals surface area contributed by atoms with Gasteiger partial charge in [0.25, 0.3) is 5.56 Å². The van der Waals surface area contributed by atoms with Gasteiger partial charge in [-0.1, -0.05) is 17.7 Å². The van der Waals surface area contributed by atoms with Crippen molar-refractivity contribution in [2.75, 3.05) is 0 Å². The van der Waals surface area contributed by atoms with Crippen molar-refractivity contribution in [1.29, 1.82) is 0 Å². The molecule has 2 aromatic rings. The number of aromatic nitrogens is 2. The maximum atomic E-state index is 12.4. The number of rotatable bonds is 1. The normalized spacial score (nSPS) is 15.4. The van der Waals surface area contributed by atoms with Crippen LogP contribution in [0.25, 0.3) is 10.9 Å². The molecule has 3 nitrogen and oxygen atoms in total. The fraction of sp³-hybridized carbons (Fsp3) is 0.333. The molecule has 0 amide bonds. The number of benzene rings is 1. The maximum absolute atomic E-state index is 12.4. The molecule has 0 unspecified atom stereocenters. The Kier molecular flexibility index (Phi) is 2.38. The highest BCUT2D eigenvalue weighted by Crippen LogP contribution is 2.34. The van der Waals surface area contributed by atoms with Crippen LogP contribution in [0.2, 0.25) is 5.02 Å². The molecule has 1 aromatic heterocycles. The van der Waals surface area contributed by atoms with Crippen molar-refractivity contribution in [2.24, 2.45) is 0 Å². The lowest BCUT2D eigenvalue weighted by molar-refractivity contribution is 0.685. The highest BCUT2D eigenvalue weighted by atomic mass is 35.5. The molecule has 1 heterocycles. The highest BCUT2D eigenvalue weighted by Gasteiger charge is 2.26. The summed E-state index contributed by atoms with van der Waals surface area (Å²) in [5.74, 6) is 0. The zero-order valence-corrected chi connectivity index (χ0v) is 10.9. The summed E-state index contributed by atoms with van der Waals surface area (Å²) in [7, 11) is 0. The van der Waals surface area contributed by atoms with Crippen molar-refractivity contribution >= 4 is 34.7 Å². The second-order valence-electron chi connectivity index (χ2n) is 4.45. The van der Waals surface area contributed by atoms with Crippen LogP contribution in [-0.4, -0.2) is 9.55 Å². The summed E-state index contributed by atoms with van der Waals surface area (Å²) < 4.78 is 2.15. The third-order valence-corrected chi connectivity index (χ3v) is 3.77. The number of fused-ring (bicyclic) bond motifs is 1. The number of aromatic amines is 1. The van der Waals surface area contributed by atoms with E-state index in [4.69, 9.17) is 23.8 Å². The van der Waals surface area contributed by atoms with Gasteiger partial charge in [-0.15, -0.1) is 0 Å². The van der Waals surface area contributed by atoms with E-state index in [9.17, 15) is 4.79 Å². The summed E-state index contributed by atoms with van der Waals surface area (Å²) in [5, 5.41) is 1.19. The van der Waals surface area contributed by atoms with Gasteiger partial charge in [-0.3, -0.25) is 9.36 Å². The Labute approximate surface area is 108 Å². The molecule has 17 heavy (non-hydrogen) atoms. The molecular weight excluding hydrogens is 256 g/mol. The Bertz CT molecular complexity index is 728. The van der Waals surface area contributed by atoms with Crippen LogP contribution in [0.4, 0.5) is 0 Å². The predicted octanol–water partition coefficient (Wildman–Crippen LogP) is 3.36. The van der Waals surface area contributed by atoms with Crippen molar-refractivity contribution in [1.82, 2.24) is 9.55 Å². The molecule has 1 fully saturated rings. The SMILES string of the molecule is Cc1ccc(Cl)c2[nH]c(=S)n(C3CC3)c(=O)c12. The molecule has 0 atom stereocenters. The molecule has 1 aromatic carbocycles. The van der Waals surface area contributed by atoms with Crippen LogP contribution in [0.15, 0.2) is 16.9 Å². The average molecular weight is 267 g/mol. The first kappa shape index (κ1) is 11.0. The number of hydrogen-bond acceptors (Lipinski definition) is 2. The zero-order chi connectivity index (χ0) is 12.2. The Balaban J connectivity index is 2.53. The lowest BCUT2D eigenvalue weighted by atomic mass is 10.1. The van der Waals surface area contributed by atoms with E-state index in [1.54, 1.807) is 10.6 Å². The van der Waals surface area contributed by atoms with Gasteiger partial charge in [0.1, 0.15) is 0 Å². The second kappa shape index (κ2) is 3.68. The van der Waals surface area contributed by atoms with Gasteiger partial charge in [-0.25, -0.2) is 0 Å². The van der Waals surface area contributed by atoms with Crippen LogP contribution in [0.1, 0.15) is 24.4 Å². The van der Waals surface area contributed by atoms with Gasteiger partial charge in [-0.05, 0) is 43.6 Å². The number of H-pyrrole nitrogens is 1. The van der Waals surface area contributed by atoms with E-state index in [1.807, 2.05) is 13.0 Å². The number of halogens is 1. The van der Waals surface area contributed by atoms with Crippen LogP contribution in [0, 0.1) is 11.7 Å². The molecule has 88 valence electrons. The van der Waals surface area contributed by atoms with Crippen molar-refractivity contribution in [3.8, 4) is 0 Å². The number of hydrogen-bond donors (Lipinski definition) is 1. The summed E-state index contributed by atoms with van der Waals surface area (Å²) >= 11 is 11.3. The lowest BCUT2D eigenvalue weighted by Crippen LogP contribution is -2.22. The van der Waals surface area contributed by atoms with E-state index in [0.29, 0.717) is 20.7 Å². The molecule has 3 rings (SSSR count). The smallest absolute Gasteiger partial charge is 0.262 e. The third kappa shape index (κ3) is 1.63. The van der Waals surface area contributed by atoms with E-state index in [-0.39, 0.29) is 11.6 Å². The third-order valence-electron chi connectivity index (χ3n) is 3.16. The molecule has 0 spiro atoms. The minimum Gasteiger partial charge on any atom is -0.330 e. The lowest BCUT2D eigenvalue weighted by Gasteiger charge is -2.09. The monoisotopic (exact) mass is 266 g/mol. The molecule has 1 aliphatic carbocycles. The van der Waals surface area contributed by atoms with Crippen LogP contribution < -0.4 is 5.56 Å². The van der Waals surface area contributed by atoms with E-state index in [2.05, 4.69) is 4.98 Å². The molecule has 1 N–H and O–H groups in total. The quantitative estimate of drug-likeness (QED) is 0.804. The summed E-state index contributed by atoms with van der Waals surface area (Å²) in [4.78, 5) is 15.5. The van der Waals surface area contributed by atoms with E-state index in [0.717, 1.165) is 18.4 Å². The minimum atomic E-state index is -0.0220. The predicted molar refractivity (Wildman–Crippen MR) is 71.4 cm³/mol. The van der Waals surface area contributed by atoms with Gasteiger partial charge in [0.05, 0.1) is 15.9 Å². The Morgan fingerprint density at radius 2 is 2.18 bits per heavy atom. The largest absolute Gasteiger partial charge is 0.330 e. The molecule has 5 heteroatoms.